The Morgan fingerprint density at radius 1 is 1.50 bits per heavy atom. The molecule has 16 heavy (non-hydrogen) atoms. The topological polar surface area (TPSA) is 41.6 Å². The fourth-order valence-electron chi connectivity index (χ4n) is 1.53. The molecule has 0 atom stereocenters. The molecule has 0 bridgehead atoms. The first kappa shape index (κ1) is 12.5. The van der Waals surface area contributed by atoms with Gasteiger partial charge in [0, 0.05) is 18.3 Å². The van der Waals surface area contributed by atoms with Crippen LogP contribution in [0.2, 0.25) is 0 Å². The van der Waals surface area contributed by atoms with E-state index in [1.165, 1.54) is 0 Å². The first-order valence-electron chi connectivity index (χ1n) is 5.32. The Morgan fingerprint density at radius 3 is 2.81 bits per heavy atom. The number of nitrogens with one attached hydrogen (secondary N) is 1. The van der Waals surface area contributed by atoms with Crippen molar-refractivity contribution >= 4 is 11.6 Å². The maximum Gasteiger partial charge on any atom is 0.240 e. The molecule has 0 heterocycles. The minimum atomic E-state index is 0.0539. The summed E-state index contributed by atoms with van der Waals surface area (Å²) in [6.45, 7) is 2.94. The molecule has 1 rings (SSSR count). The molecule has 1 amide bonds. The van der Waals surface area contributed by atoms with Crippen molar-refractivity contribution in [3.05, 3.63) is 24.3 Å². The minimum Gasteiger partial charge on any atom is -0.497 e. The number of hydrogen-bond acceptors (Lipinski definition) is 3. The number of ether oxygens (including phenoxy) is 1. The molecule has 0 aromatic heterocycles. The predicted molar refractivity (Wildman–Crippen MR) is 64.9 cm³/mol. The summed E-state index contributed by atoms with van der Waals surface area (Å²) in [5.41, 5.74) is 0.863. The minimum absolute atomic E-state index is 0.0539. The monoisotopic (exact) mass is 222 g/mol. The molecule has 0 aliphatic carbocycles. The molecule has 0 saturated heterocycles. The van der Waals surface area contributed by atoms with Crippen LogP contribution in [0.1, 0.15) is 6.92 Å². The van der Waals surface area contributed by atoms with Gasteiger partial charge in [0.1, 0.15) is 5.75 Å². The van der Waals surface area contributed by atoms with Crippen molar-refractivity contribution < 1.29 is 9.53 Å². The third kappa shape index (κ3) is 2.97. The van der Waals surface area contributed by atoms with E-state index >= 15 is 0 Å². The highest BCUT2D eigenvalue weighted by Crippen LogP contribution is 2.20. The van der Waals surface area contributed by atoms with E-state index in [-0.39, 0.29) is 5.91 Å². The van der Waals surface area contributed by atoms with Gasteiger partial charge in [-0.15, -0.1) is 0 Å². The molecule has 0 radical (unpaired) electrons. The summed E-state index contributed by atoms with van der Waals surface area (Å²) >= 11 is 0. The molecule has 4 nitrogen and oxygen atoms in total. The van der Waals surface area contributed by atoms with E-state index < -0.39 is 0 Å². The quantitative estimate of drug-likeness (QED) is 0.815. The van der Waals surface area contributed by atoms with Gasteiger partial charge in [0.2, 0.25) is 5.91 Å². The Labute approximate surface area is 96.2 Å². The molecule has 0 fully saturated rings. The van der Waals surface area contributed by atoms with Crippen LogP contribution in [0.5, 0.6) is 5.75 Å². The summed E-state index contributed by atoms with van der Waals surface area (Å²) in [4.78, 5) is 13.5. The number of likely N-dealkylation sites (N-methyl/N-ethyl adjacent to an activating group) is 2. The summed E-state index contributed by atoms with van der Waals surface area (Å²) in [6, 6.07) is 7.50. The number of carbonyl (C=O) groups is 1. The summed E-state index contributed by atoms with van der Waals surface area (Å²) in [7, 11) is 3.38. The van der Waals surface area contributed by atoms with E-state index in [1.54, 1.807) is 19.1 Å². The summed E-state index contributed by atoms with van der Waals surface area (Å²) < 4.78 is 5.14. The van der Waals surface area contributed by atoms with E-state index in [0.717, 1.165) is 11.4 Å². The molecule has 1 aromatic rings. The third-order valence-electron chi connectivity index (χ3n) is 2.31. The molecule has 1 N–H and O–H groups in total. The first-order chi connectivity index (χ1) is 7.72. The number of methoxy groups -OCH3 is 1. The lowest BCUT2D eigenvalue weighted by molar-refractivity contribution is -0.117. The van der Waals surface area contributed by atoms with Crippen molar-refractivity contribution in [2.45, 2.75) is 6.92 Å². The molecule has 0 aliphatic rings. The van der Waals surface area contributed by atoms with Crippen molar-refractivity contribution in [2.24, 2.45) is 0 Å². The Kier molecular flexibility index (Phi) is 4.79. The summed E-state index contributed by atoms with van der Waals surface area (Å²) in [6.07, 6.45) is 0. The second kappa shape index (κ2) is 6.12. The van der Waals surface area contributed by atoms with Gasteiger partial charge in [-0.05, 0) is 26.1 Å². The van der Waals surface area contributed by atoms with Gasteiger partial charge in [-0.25, -0.2) is 0 Å². The van der Waals surface area contributed by atoms with Crippen molar-refractivity contribution in [3.63, 3.8) is 0 Å². The molecular weight excluding hydrogens is 204 g/mol. The molecule has 4 heteroatoms. The Morgan fingerprint density at radius 2 is 2.25 bits per heavy atom. The van der Waals surface area contributed by atoms with E-state index in [0.29, 0.717) is 13.1 Å². The number of rotatable bonds is 5. The number of carbonyl (C=O) groups excluding carboxylic acids is 1. The van der Waals surface area contributed by atoms with Crippen LogP contribution in [0.4, 0.5) is 5.69 Å². The fraction of sp³-hybridized carbons (Fsp3) is 0.417. The molecule has 88 valence electrons. The second-order valence-corrected chi connectivity index (χ2v) is 3.37. The van der Waals surface area contributed by atoms with Gasteiger partial charge < -0.3 is 15.0 Å². The lowest BCUT2D eigenvalue weighted by Gasteiger charge is -2.21. The van der Waals surface area contributed by atoms with Crippen molar-refractivity contribution in [2.75, 3.05) is 32.1 Å². The maximum atomic E-state index is 11.8. The number of nitrogens with zero attached hydrogens (tertiary/aromatic N) is 1. The van der Waals surface area contributed by atoms with Crippen LogP contribution in [0.3, 0.4) is 0 Å². The number of benzene rings is 1. The smallest absolute Gasteiger partial charge is 0.240 e. The van der Waals surface area contributed by atoms with Gasteiger partial charge in [0.25, 0.3) is 0 Å². The van der Waals surface area contributed by atoms with Crippen LogP contribution < -0.4 is 15.0 Å². The highest BCUT2D eigenvalue weighted by atomic mass is 16.5. The van der Waals surface area contributed by atoms with Crippen molar-refractivity contribution in [3.8, 4) is 5.75 Å². The van der Waals surface area contributed by atoms with Gasteiger partial charge in [0.05, 0.1) is 13.7 Å². The summed E-state index contributed by atoms with van der Waals surface area (Å²) in [5, 5.41) is 2.86. The van der Waals surface area contributed by atoms with E-state index in [9.17, 15) is 4.79 Å². The van der Waals surface area contributed by atoms with Crippen LogP contribution in [-0.2, 0) is 4.79 Å². The molecule has 0 unspecified atom stereocenters. The Balaban J connectivity index is 2.89. The number of amides is 1. The Bertz CT molecular complexity index is 353. The molecule has 1 aromatic carbocycles. The van der Waals surface area contributed by atoms with Crippen molar-refractivity contribution in [1.29, 1.82) is 0 Å². The van der Waals surface area contributed by atoms with Crippen LogP contribution in [0.15, 0.2) is 24.3 Å². The van der Waals surface area contributed by atoms with E-state index in [4.69, 9.17) is 4.74 Å². The maximum absolute atomic E-state index is 11.8. The number of anilines is 1. The lowest BCUT2D eigenvalue weighted by Crippen LogP contribution is -2.37. The van der Waals surface area contributed by atoms with E-state index in [1.807, 2.05) is 31.2 Å². The van der Waals surface area contributed by atoms with E-state index in [2.05, 4.69) is 5.32 Å². The zero-order valence-corrected chi connectivity index (χ0v) is 9.99. The zero-order valence-electron chi connectivity index (χ0n) is 9.99. The highest BCUT2D eigenvalue weighted by Gasteiger charge is 2.12. The first-order valence-corrected chi connectivity index (χ1v) is 5.32. The summed E-state index contributed by atoms with van der Waals surface area (Å²) in [5.74, 6) is 0.812. The lowest BCUT2D eigenvalue weighted by atomic mass is 10.2. The van der Waals surface area contributed by atoms with Gasteiger partial charge in [-0.2, -0.15) is 0 Å². The molecule has 0 saturated carbocycles. The average Bonchev–Trinajstić information content (AvgIpc) is 2.31. The van der Waals surface area contributed by atoms with Gasteiger partial charge in [0.15, 0.2) is 0 Å². The van der Waals surface area contributed by atoms with Gasteiger partial charge in [-0.3, -0.25) is 4.79 Å². The Hall–Kier alpha value is -1.55. The molecule has 0 spiro atoms. The number of hydrogen-bond donors (Lipinski definition) is 1. The highest BCUT2D eigenvalue weighted by molar-refractivity contribution is 5.94. The molecule has 0 aliphatic heterocycles. The SMILES string of the molecule is CCN(C(=O)CNC)c1cccc(OC)c1. The standard InChI is InChI=1S/C12H18N2O2/c1-4-14(12(15)9-13-2)10-6-5-7-11(8-10)16-3/h5-8,13H,4,9H2,1-3H3. The van der Waals surface area contributed by atoms with Crippen LogP contribution in [0.25, 0.3) is 0 Å². The zero-order chi connectivity index (χ0) is 12.0. The van der Waals surface area contributed by atoms with Gasteiger partial charge in [-0.1, -0.05) is 6.07 Å². The van der Waals surface area contributed by atoms with Crippen LogP contribution >= 0.6 is 0 Å². The van der Waals surface area contributed by atoms with Gasteiger partial charge >= 0.3 is 0 Å². The fourth-order valence-corrected chi connectivity index (χ4v) is 1.53. The predicted octanol–water partition coefficient (Wildman–Crippen LogP) is 1.27. The average molecular weight is 222 g/mol. The third-order valence-corrected chi connectivity index (χ3v) is 2.31. The largest absolute Gasteiger partial charge is 0.497 e. The van der Waals surface area contributed by atoms with Crippen LogP contribution in [-0.4, -0.2) is 33.2 Å². The second-order valence-electron chi connectivity index (χ2n) is 3.37. The van der Waals surface area contributed by atoms with Crippen LogP contribution in [0, 0.1) is 0 Å². The normalized spacial score (nSPS) is 9.94. The van der Waals surface area contributed by atoms with Crippen molar-refractivity contribution in [1.82, 2.24) is 5.32 Å². The molecular formula is C12H18N2O2.